The van der Waals surface area contributed by atoms with E-state index < -0.39 is 0 Å². The van der Waals surface area contributed by atoms with Crippen molar-refractivity contribution in [1.29, 1.82) is 0 Å². The molecule has 1 aliphatic carbocycles. The minimum atomic E-state index is -0.218. The summed E-state index contributed by atoms with van der Waals surface area (Å²) < 4.78 is 0. The number of hydrogen-bond donors (Lipinski definition) is 2. The zero-order valence-corrected chi connectivity index (χ0v) is 9.59. The van der Waals surface area contributed by atoms with Gasteiger partial charge in [-0.2, -0.15) is 0 Å². The SMILES string of the molecule is C/C=C/CCNC(=O)CC1(N)CCCC1. The molecule has 0 aromatic carbocycles. The molecular weight excluding hydrogens is 188 g/mol. The maximum atomic E-state index is 11.6. The predicted octanol–water partition coefficient (Wildman–Crippen LogP) is 1.73. The largest absolute Gasteiger partial charge is 0.356 e. The molecule has 1 saturated carbocycles. The van der Waals surface area contributed by atoms with E-state index in [1.165, 1.54) is 12.8 Å². The first-order valence-electron chi connectivity index (χ1n) is 5.83. The lowest BCUT2D eigenvalue weighted by atomic mass is 9.94. The van der Waals surface area contributed by atoms with Crippen LogP contribution in [0.3, 0.4) is 0 Å². The lowest BCUT2D eigenvalue weighted by Gasteiger charge is -2.22. The van der Waals surface area contributed by atoms with Gasteiger partial charge in [0.25, 0.3) is 0 Å². The fourth-order valence-corrected chi connectivity index (χ4v) is 2.10. The molecule has 0 saturated heterocycles. The van der Waals surface area contributed by atoms with Crippen molar-refractivity contribution in [1.82, 2.24) is 5.32 Å². The van der Waals surface area contributed by atoms with E-state index in [0.29, 0.717) is 6.42 Å². The minimum absolute atomic E-state index is 0.101. The summed E-state index contributed by atoms with van der Waals surface area (Å²) in [5, 5.41) is 2.90. The van der Waals surface area contributed by atoms with Gasteiger partial charge in [0.1, 0.15) is 0 Å². The third kappa shape index (κ3) is 4.47. The quantitative estimate of drug-likeness (QED) is 0.536. The zero-order chi connectivity index (χ0) is 11.1. The highest BCUT2D eigenvalue weighted by atomic mass is 16.1. The summed E-state index contributed by atoms with van der Waals surface area (Å²) in [5.41, 5.74) is 5.90. The summed E-state index contributed by atoms with van der Waals surface area (Å²) in [7, 11) is 0. The van der Waals surface area contributed by atoms with Crippen LogP contribution in [0.1, 0.15) is 45.4 Å². The summed E-state index contributed by atoms with van der Waals surface area (Å²) in [5.74, 6) is 0.101. The fourth-order valence-electron chi connectivity index (χ4n) is 2.10. The van der Waals surface area contributed by atoms with Gasteiger partial charge in [0.2, 0.25) is 5.91 Å². The molecule has 1 aliphatic rings. The number of amides is 1. The number of carbonyl (C=O) groups is 1. The third-order valence-electron chi connectivity index (χ3n) is 2.98. The van der Waals surface area contributed by atoms with Gasteiger partial charge in [-0.15, -0.1) is 0 Å². The first-order valence-corrected chi connectivity index (χ1v) is 5.83. The van der Waals surface area contributed by atoms with E-state index in [-0.39, 0.29) is 11.4 Å². The molecule has 1 fully saturated rings. The van der Waals surface area contributed by atoms with Crippen molar-refractivity contribution >= 4 is 5.91 Å². The van der Waals surface area contributed by atoms with Crippen molar-refractivity contribution < 1.29 is 4.79 Å². The Bertz CT molecular complexity index is 230. The molecule has 0 aliphatic heterocycles. The smallest absolute Gasteiger partial charge is 0.221 e. The first kappa shape index (κ1) is 12.2. The molecule has 0 bridgehead atoms. The molecule has 0 atom stereocenters. The molecular formula is C12H22N2O. The van der Waals surface area contributed by atoms with Crippen LogP contribution < -0.4 is 11.1 Å². The number of rotatable bonds is 5. The molecule has 15 heavy (non-hydrogen) atoms. The van der Waals surface area contributed by atoms with Crippen molar-refractivity contribution in [2.45, 2.75) is 51.0 Å². The molecule has 3 heteroatoms. The molecule has 0 radical (unpaired) electrons. The monoisotopic (exact) mass is 210 g/mol. The van der Waals surface area contributed by atoms with E-state index in [1.807, 2.05) is 19.1 Å². The summed E-state index contributed by atoms with van der Waals surface area (Å²) in [6, 6.07) is 0. The number of nitrogens with one attached hydrogen (secondary N) is 1. The van der Waals surface area contributed by atoms with E-state index in [4.69, 9.17) is 5.73 Å². The summed E-state index contributed by atoms with van der Waals surface area (Å²) in [6.07, 6.45) is 9.76. The van der Waals surface area contributed by atoms with Gasteiger partial charge in [-0.3, -0.25) is 4.79 Å². The second-order valence-electron chi connectivity index (χ2n) is 4.45. The molecule has 86 valence electrons. The van der Waals surface area contributed by atoms with Gasteiger partial charge in [-0.05, 0) is 26.2 Å². The summed E-state index contributed by atoms with van der Waals surface area (Å²) in [6.45, 7) is 2.70. The van der Waals surface area contributed by atoms with Crippen LogP contribution in [0.15, 0.2) is 12.2 Å². The van der Waals surface area contributed by atoms with Gasteiger partial charge in [-0.1, -0.05) is 25.0 Å². The Morgan fingerprint density at radius 2 is 2.13 bits per heavy atom. The van der Waals surface area contributed by atoms with Crippen LogP contribution in [0, 0.1) is 0 Å². The Morgan fingerprint density at radius 1 is 1.47 bits per heavy atom. The molecule has 0 aromatic rings. The lowest BCUT2D eigenvalue weighted by Crippen LogP contribution is -2.42. The lowest BCUT2D eigenvalue weighted by molar-refractivity contribution is -0.122. The summed E-state index contributed by atoms with van der Waals surface area (Å²) in [4.78, 5) is 11.6. The highest BCUT2D eigenvalue weighted by Gasteiger charge is 2.31. The van der Waals surface area contributed by atoms with Crippen molar-refractivity contribution in [2.24, 2.45) is 5.73 Å². The van der Waals surface area contributed by atoms with E-state index >= 15 is 0 Å². The van der Waals surface area contributed by atoms with E-state index in [0.717, 1.165) is 25.8 Å². The highest BCUT2D eigenvalue weighted by Crippen LogP contribution is 2.29. The van der Waals surface area contributed by atoms with E-state index in [1.54, 1.807) is 0 Å². The zero-order valence-electron chi connectivity index (χ0n) is 9.59. The van der Waals surface area contributed by atoms with Gasteiger partial charge in [-0.25, -0.2) is 0 Å². The van der Waals surface area contributed by atoms with Crippen LogP contribution in [-0.4, -0.2) is 18.0 Å². The molecule has 1 amide bonds. The molecule has 0 heterocycles. The van der Waals surface area contributed by atoms with Crippen LogP contribution in [-0.2, 0) is 4.79 Å². The van der Waals surface area contributed by atoms with Gasteiger partial charge in [0.15, 0.2) is 0 Å². The van der Waals surface area contributed by atoms with Gasteiger partial charge < -0.3 is 11.1 Å². The number of carbonyl (C=O) groups excluding carboxylic acids is 1. The Hall–Kier alpha value is -0.830. The number of nitrogens with two attached hydrogens (primary N) is 1. The Balaban J connectivity index is 2.17. The average Bonchev–Trinajstić information content (AvgIpc) is 2.59. The van der Waals surface area contributed by atoms with Crippen molar-refractivity contribution in [3.63, 3.8) is 0 Å². The topological polar surface area (TPSA) is 55.1 Å². The molecule has 0 spiro atoms. The number of hydrogen-bond acceptors (Lipinski definition) is 2. The molecule has 0 unspecified atom stereocenters. The van der Waals surface area contributed by atoms with Crippen LogP contribution >= 0.6 is 0 Å². The van der Waals surface area contributed by atoms with Crippen LogP contribution in [0.4, 0.5) is 0 Å². The number of allylic oxidation sites excluding steroid dienone is 1. The van der Waals surface area contributed by atoms with E-state index in [9.17, 15) is 4.79 Å². The van der Waals surface area contributed by atoms with Crippen molar-refractivity contribution in [3.8, 4) is 0 Å². The molecule has 0 aromatic heterocycles. The van der Waals surface area contributed by atoms with Crippen molar-refractivity contribution in [2.75, 3.05) is 6.54 Å². The second-order valence-corrected chi connectivity index (χ2v) is 4.45. The second kappa shape index (κ2) is 5.91. The normalized spacial score (nSPS) is 19.6. The Morgan fingerprint density at radius 3 is 2.73 bits per heavy atom. The maximum absolute atomic E-state index is 11.6. The standard InChI is InChI=1S/C12H22N2O/c1-2-3-6-9-14-11(15)10-12(13)7-4-5-8-12/h2-3H,4-10,13H2,1H3,(H,14,15)/b3-2+. The van der Waals surface area contributed by atoms with Crippen LogP contribution in [0.5, 0.6) is 0 Å². The first-order chi connectivity index (χ1) is 7.16. The maximum Gasteiger partial charge on any atom is 0.221 e. The van der Waals surface area contributed by atoms with Crippen LogP contribution in [0.2, 0.25) is 0 Å². The predicted molar refractivity (Wildman–Crippen MR) is 62.4 cm³/mol. The molecule has 1 rings (SSSR count). The fraction of sp³-hybridized carbons (Fsp3) is 0.750. The Labute approximate surface area is 92.1 Å². The summed E-state index contributed by atoms with van der Waals surface area (Å²) >= 11 is 0. The van der Waals surface area contributed by atoms with Crippen LogP contribution in [0.25, 0.3) is 0 Å². The molecule has 3 nitrogen and oxygen atoms in total. The minimum Gasteiger partial charge on any atom is -0.356 e. The van der Waals surface area contributed by atoms with Crippen molar-refractivity contribution in [3.05, 3.63) is 12.2 Å². The van der Waals surface area contributed by atoms with Gasteiger partial charge in [0, 0.05) is 18.5 Å². The third-order valence-corrected chi connectivity index (χ3v) is 2.98. The average molecular weight is 210 g/mol. The van der Waals surface area contributed by atoms with Gasteiger partial charge >= 0.3 is 0 Å². The highest BCUT2D eigenvalue weighted by molar-refractivity contribution is 5.77. The Kier molecular flexibility index (Phi) is 4.82. The molecule has 3 N–H and O–H groups in total. The van der Waals surface area contributed by atoms with Gasteiger partial charge in [0.05, 0.1) is 0 Å². The van der Waals surface area contributed by atoms with E-state index in [2.05, 4.69) is 5.32 Å².